The fraction of sp³-hybridized carbons (Fsp3) is 0.385. The zero-order chi connectivity index (χ0) is 14.3. The van der Waals surface area contributed by atoms with E-state index in [4.69, 9.17) is 11.5 Å². The zero-order valence-corrected chi connectivity index (χ0v) is 11.1. The summed E-state index contributed by atoms with van der Waals surface area (Å²) in [7, 11) is 0. The second-order valence-electron chi connectivity index (χ2n) is 4.18. The number of nitrogens with one attached hydrogen (secondary N) is 1. The third-order valence-corrected chi connectivity index (χ3v) is 2.71. The molecule has 2 amide bonds. The summed E-state index contributed by atoms with van der Waals surface area (Å²) in [6.07, 6.45) is 0. The predicted molar refractivity (Wildman–Crippen MR) is 74.3 cm³/mol. The summed E-state index contributed by atoms with van der Waals surface area (Å²) >= 11 is 0. The minimum Gasteiger partial charge on any atom is -0.369 e. The summed E-state index contributed by atoms with van der Waals surface area (Å²) in [5.41, 5.74) is 12.3. The number of hydrogen-bond donors (Lipinski definition) is 3. The van der Waals surface area contributed by atoms with Crippen LogP contribution in [0.4, 0.5) is 5.69 Å². The smallest absolute Gasteiger partial charge is 0.238 e. The molecule has 6 nitrogen and oxygen atoms in total. The van der Waals surface area contributed by atoms with Gasteiger partial charge in [0.2, 0.25) is 11.8 Å². The van der Waals surface area contributed by atoms with Gasteiger partial charge in [-0.3, -0.25) is 14.5 Å². The minimum absolute atomic E-state index is 0.0719. The fourth-order valence-corrected chi connectivity index (χ4v) is 1.71. The van der Waals surface area contributed by atoms with E-state index in [0.717, 1.165) is 5.56 Å². The molecule has 0 fully saturated rings. The number of primary amides is 1. The van der Waals surface area contributed by atoms with Crippen LogP contribution < -0.4 is 16.8 Å². The van der Waals surface area contributed by atoms with E-state index in [0.29, 0.717) is 18.8 Å². The molecule has 0 saturated carbocycles. The summed E-state index contributed by atoms with van der Waals surface area (Å²) in [5.74, 6) is -0.638. The molecule has 0 radical (unpaired) electrons. The fourth-order valence-electron chi connectivity index (χ4n) is 1.71. The number of anilines is 1. The Morgan fingerprint density at radius 1 is 1.26 bits per heavy atom. The molecule has 1 aromatic carbocycles. The van der Waals surface area contributed by atoms with Gasteiger partial charge in [0, 0.05) is 12.2 Å². The summed E-state index contributed by atoms with van der Waals surface area (Å²) in [6, 6.07) is 7.35. The van der Waals surface area contributed by atoms with Crippen LogP contribution in [0.1, 0.15) is 12.5 Å². The van der Waals surface area contributed by atoms with Crippen molar-refractivity contribution in [3.63, 3.8) is 0 Å². The Morgan fingerprint density at radius 3 is 2.53 bits per heavy atom. The van der Waals surface area contributed by atoms with Gasteiger partial charge in [0.05, 0.1) is 13.1 Å². The number of nitrogens with two attached hydrogens (primary N) is 2. The van der Waals surface area contributed by atoms with E-state index in [1.165, 1.54) is 0 Å². The second-order valence-corrected chi connectivity index (χ2v) is 4.18. The van der Waals surface area contributed by atoms with Crippen molar-refractivity contribution < 1.29 is 9.59 Å². The quantitative estimate of drug-likeness (QED) is 0.639. The van der Waals surface area contributed by atoms with Gasteiger partial charge in [0.25, 0.3) is 0 Å². The molecule has 1 rings (SSSR count). The maximum Gasteiger partial charge on any atom is 0.238 e. The molecule has 104 valence electrons. The van der Waals surface area contributed by atoms with Gasteiger partial charge in [-0.25, -0.2) is 0 Å². The number of rotatable bonds is 7. The number of para-hydroxylation sites is 1. The van der Waals surface area contributed by atoms with Crippen molar-refractivity contribution in [1.82, 2.24) is 4.90 Å². The minimum atomic E-state index is -0.447. The van der Waals surface area contributed by atoms with Crippen LogP contribution in [-0.2, 0) is 16.1 Å². The number of likely N-dealkylation sites (N-methyl/N-ethyl adjacent to an activating group) is 1. The Bertz CT molecular complexity index is 448. The molecule has 0 aromatic heterocycles. The predicted octanol–water partition coefficient (Wildman–Crippen LogP) is -0.109. The monoisotopic (exact) mass is 264 g/mol. The molecule has 0 aliphatic heterocycles. The lowest BCUT2D eigenvalue weighted by atomic mass is 10.2. The van der Waals surface area contributed by atoms with Gasteiger partial charge < -0.3 is 16.8 Å². The first-order chi connectivity index (χ1) is 9.06. The Balaban J connectivity index is 2.61. The molecule has 5 N–H and O–H groups in total. The molecule has 6 heteroatoms. The highest BCUT2D eigenvalue weighted by molar-refractivity contribution is 5.93. The first-order valence-corrected chi connectivity index (χ1v) is 6.15. The summed E-state index contributed by atoms with van der Waals surface area (Å²) in [4.78, 5) is 24.4. The van der Waals surface area contributed by atoms with E-state index in [1.54, 1.807) is 11.0 Å². The molecular weight excluding hydrogens is 244 g/mol. The van der Waals surface area contributed by atoms with Gasteiger partial charge in [-0.05, 0) is 18.2 Å². The molecule has 0 unspecified atom stereocenters. The maximum absolute atomic E-state index is 11.9. The highest BCUT2D eigenvalue weighted by Crippen LogP contribution is 2.13. The number of nitrogens with zero attached hydrogens (tertiary/aromatic N) is 1. The molecule has 0 aliphatic rings. The van der Waals surface area contributed by atoms with Crippen molar-refractivity contribution >= 4 is 17.5 Å². The lowest BCUT2D eigenvalue weighted by Crippen LogP contribution is -2.39. The van der Waals surface area contributed by atoms with Crippen LogP contribution in [0.3, 0.4) is 0 Å². The summed E-state index contributed by atoms with van der Waals surface area (Å²) in [5, 5.41) is 2.79. The Labute approximate surface area is 112 Å². The summed E-state index contributed by atoms with van der Waals surface area (Å²) < 4.78 is 0. The molecule has 0 spiro atoms. The number of carbonyl (C=O) groups excluding carboxylic acids is 2. The first kappa shape index (κ1) is 15.1. The molecule has 1 aromatic rings. The molecule has 0 atom stereocenters. The topological polar surface area (TPSA) is 101 Å². The SMILES string of the molecule is CCN(CC(N)=O)CC(=O)Nc1ccccc1CN. The van der Waals surface area contributed by atoms with Gasteiger partial charge >= 0.3 is 0 Å². The number of benzene rings is 1. The number of hydrogen-bond acceptors (Lipinski definition) is 4. The van der Waals surface area contributed by atoms with Crippen LogP contribution in [0.2, 0.25) is 0 Å². The van der Waals surface area contributed by atoms with Gasteiger partial charge in [-0.2, -0.15) is 0 Å². The molecular formula is C13H20N4O2. The van der Waals surface area contributed by atoms with E-state index in [-0.39, 0.29) is 19.0 Å². The van der Waals surface area contributed by atoms with Crippen molar-refractivity contribution in [2.24, 2.45) is 11.5 Å². The highest BCUT2D eigenvalue weighted by Gasteiger charge is 2.12. The van der Waals surface area contributed by atoms with Crippen LogP contribution in [0, 0.1) is 0 Å². The van der Waals surface area contributed by atoms with Crippen LogP contribution in [0.15, 0.2) is 24.3 Å². The largest absolute Gasteiger partial charge is 0.369 e. The molecule has 0 saturated heterocycles. The first-order valence-electron chi connectivity index (χ1n) is 6.15. The Hall–Kier alpha value is -1.92. The maximum atomic E-state index is 11.9. The van der Waals surface area contributed by atoms with Crippen LogP contribution >= 0.6 is 0 Å². The van der Waals surface area contributed by atoms with Gasteiger partial charge in [-0.1, -0.05) is 25.1 Å². The van der Waals surface area contributed by atoms with E-state index in [1.807, 2.05) is 25.1 Å². The summed E-state index contributed by atoms with van der Waals surface area (Å²) in [6.45, 7) is 3.00. The average Bonchev–Trinajstić information content (AvgIpc) is 2.38. The number of amides is 2. The van der Waals surface area contributed by atoms with Crippen molar-refractivity contribution in [2.75, 3.05) is 25.0 Å². The lowest BCUT2D eigenvalue weighted by Gasteiger charge is -2.18. The van der Waals surface area contributed by atoms with E-state index >= 15 is 0 Å². The van der Waals surface area contributed by atoms with E-state index in [9.17, 15) is 9.59 Å². The van der Waals surface area contributed by atoms with Gasteiger partial charge in [0.15, 0.2) is 0 Å². The molecule has 0 bridgehead atoms. The van der Waals surface area contributed by atoms with Crippen LogP contribution in [0.25, 0.3) is 0 Å². The third kappa shape index (κ3) is 5.07. The Morgan fingerprint density at radius 2 is 1.95 bits per heavy atom. The second kappa shape index (κ2) is 7.50. The lowest BCUT2D eigenvalue weighted by molar-refractivity contribution is -0.121. The van der Waals surface area contributed by atoms with Gasteiger partial charge in [0.1, 0.15) is 0 Å². The molecule has 0 heterocycles. The van der Waals surface area contributed by atoms with Crippen molar-refractivity contribution in [1.29, 1.82) is 0 Å². The highest BCUT2D eigenvalue weighted by atomic mass is 16.2. The van der Waals surface area contributed by atoms with Crippen molar-refractivity contribution in [3.05, 3.63) is 29.8 Å². The number of carbonyl (C=O) groups is 2. The van der Waals surface area contributed by atoms with Crippen LogP contribution in [-0.4, -0.2) is 36.3 Å². The molecule has 19 heavy (non-hydrogen) atoms. The Kier molecular flexibility index (Phi) is 5.98. The normalized spacial score (nSPS) is 10.5. The third-order valence-electron chi connectivity index (χ3n) is 2.71. The van der Waals surface area contributed by atoms with Crippen LogP contribution in [0.5, 0.6) is 0 Å². The van der Waals surface area contributed by atoms with Crippen molar-refractivity contribution in [3.8, 4) is 0 Å². The van der Waals surface area contributed by atoms with E-state index < -0.39 is 5.91 Å². The zero-order valence-electron chi connectivity index (χ0n) is 11.1. The molecule has 0 aliphatic carbocycles. The van der Waals surface area contributed by atoms with Crippen molar-refractivity contribution in [2.45, 2.75) is 13.5 Å². The van der Waals surface area contributed by atoms with E-state index in [2.05, 4.69) is 5.32 Å². The average molecular weight is 264 g/mol. The van der Waals surface area contributed by atoms with Gasteiger partial charge in [-0.15, -0.1) is 0 Å². The standard InChI is InChI=1S/C13H20N4O2/c1-2-17(8-12(15)18)9-13(19)16-11-6-4-3-5-10(11)7-14/h3-6H,2,7-9,14H2,1H3,(H2,15,18)(H,16,19).